The first-order chi connectivity index (χ1) is 16.4. The zero-order chi connectivity index (χ0) is 24.0. The van der Waals surface area contributed by atoms with E-state index in [4.69, 9.17) is 16.3 Å². The summed E-state index contributed by atoms with van der Waals surface area (Å²) < 4.78 is 5.31. The highest BCUT2D eigenvalue weighted by Gasteiger charge is 2.54. The summed E-state index contributed by atoms with van der Waals surface area (Å²) in [7, 11) is 1.52. The number of aryl methyl sites for hydroxylation is 2. The third-order valence-corrected chi connectivity index (χ3v) is 7.82. The van der Waals surface area contributed by atoms with Crippen molar-refractivity contribution in [3.8, 4) is 16.2 Å². The molecule has 176 valence electrons. The topological polar surface area (TPSA) is 71.5 Å². The Morgan fingerprint density at radius 3 is 2.79 bits per heavy atom. The Hall–Kier alpha value is -2.90. The zero-order valence-electron chi connectivity index (χ0n) is 19.3. The number of fused-ring (bicyclic) bond motifs is 1. The van der Waals surface area contributed by atoms with Crippen LogP contribution in [0.5, 0.6) is 5.75 Å². The fourth-order valence-electron chi connectivity index (χ4n) is 4.90. The van der Waals surface area contributed by atoms with Crippen molar-refractivity contribution < 1.29 is 14.3 Å². The molecule has 0 unspecified atom stereocenters. The van der Waals surface area contributed by atoms with E-state index in [0.717, 1.165) is 33.9 Å². The van der Waals surface area contributed by atoms with Crippen molar-refractivity contribution in [2.75, 3.05) is 13.7 Å². The molecule has 2 heterocycles. The molecule has 1 aromatic heterocycles. The Kier molecular flexibility index (Phi) is 6.08. The van der Waals surface area contributed by atoms with Crippen molar-refractivity contribution >= 4 is 34.8 Å². The fraction of sp³-hybridized carbons (Fsp3) is 0.346. The van der Waals surface area contributed by atoms with E-state index >= 15 is 0 Å². The molecule has 2 aliphatic rings. The van der Waals surface area contributed by atoms with Crippen LogP contribution in [0.15, 0.2) is 42.5 Å². The molecule has 34 heavy (non-hydrogen) atoms. The first kappa shape index (κ1) is 22.9. The Morgan fingerprint density at radius 2 is 2.03 bits per heavy atom. The highest BCUT2D eigenvalue weighted by molar-refractivity contribution is 7.15. The number of hydrogen-bond donors (Lipinski definition) is 1. The average Bonchev–Trinajstić information content (AvgIpc) is 3.30. The van der Waals surface area contributed by atoms with Gasteiger partial charge in [-0.1, -0.05) is 41.4 Å². The summed E-state index contributed by atoms with van der Waals surface area (Å²) in [6, 6.07) is 13.3. The van der Waals surface area contributed by atoms with Gasteiger partial charge in [0.15, 0.2) is 0 Å². The summed E-state index contributed by atoms with van der Waals surface area (Å²) in [5, 5.41) is 4.32. The molecule has 8 heteroatoms. The van der Waals surface area contributed by atoms with Gasteiger partial charge in [-0.3, -0.25) is 9.59 Å². The van der Waals surface area contributed by atoms with Gasteiger partial charge in [-0.2, -0.15) is 0 Å². The Bertz CT molecular complexity index is 1270. The summed E-state index contributed by atoms with van der Waals surface area (Å²) in [5.74, 6) is 0.640. The number of rotatable bonds is 6. The van der Waals surface area contributed by atoms with Crippen molar-refractivity contribution in [3.05, 3.63) is 69.3 Å². The van der Waals surface area contributed by atoms with Gasteiger partial charge in [-0.15, -0.1) is 11.3 Å². The maximum Gasteiger partial charge on any atom is 0.274 e. The number of thiazole rings is 1. The number of methoxy groups -OCH3 is 1. The van der Waals surface area contributed by atoms with Crippen LogP contribution in [-0.4, -0.2) is 47.4 Å². The van der Waals surface area contributed by atoms with E-state index in [1.165, 1.54) is 7.11 Å². The molecule has 5 rings (SSSR count). The van der Waals surface area contributed by atoms with Crippen molar-refractivity contribution in [2.24, 2.45) is 5.92 Å². The molecule has 0 radical (unpaired) electrons. The lowest BCUT2D eigenvalue weighted by atomic mass is 10.1. The van der Waals surface area contributed by atoms with Crippen LogP contribution in [0.25, 0.3) is 10.4 Å². The number of nitrogens with zero attached hydrogens (tertiary/aromatic N) is 2. The second kappa shape index (κ2) is 9.04. The maximum absolute atomic E-state index is 13.8. The smallest absolute Gasteiger partial charge is 0.274 e. The number of nitrogens with one attached hydrogen (secondary N) is 1. The van der Waals surface area contributed by atoms with Crippen LogP contribution in [0.1, 0.15) is 44.3 Å². The third-order valence-electron chi connectivity index (χ3n) is 6.57. The van der Waals surface area contributed by atoms with Gasteiger partial charge in [-0.25, -0.2) is 4.98 Å². The summed E-state index contributed by atoms with van der Waals surface area (Å²) >= 11 is 7.63. The largest absolute Gasteiger partial charge is 0.496 e. The van der Waals surface area contributed by atoms with Crippen LogP contribution in [0, 0.1) is 19.8 Å². The molecular weight excluding hydrogens is 470 g/mol. The van der Waals surface area contributed by atoms with E-state index in [1.54, 1.807) is 29.5 Å². The lowest BCUT2D eigenvalue weighted by Crippen LogP contribution is -2.45. The van der Waals surface area contributed by atoms with E-state index in [2.05, 4.69) is 16.4 Å². The lowest BCUT2D eigenvalue weighted by molar-refractivity contribution is 0.0684. The standard InChI is InChI=1S/C26H26ClN3O3S/c1-14-5-4-6-16(9-14)24-23(29-15(2)34-24)26(32)30-19(10-17-11-21(17)30)13-28-25(31)20-12-18(27)7-8-22(20)33-3/h4-9,12,17,19,21H,10-11,13H2,1-3H3,(H,28,31)/t17-,19-,21-/m0/s1. The van der Waals surface area contributed by atoms with Crippen LogP contribution in [-0.2, 0) is 0 Å². The minimum atomic E-state index is -0.266. The second-order valence-corrected chi connectivity index (χ2v) is 10.6. The second-order valence-electron chi connectivity index (χ2n) is 9.00. The molecule has 1 saturated carbocycles. The predicted molar refractivity (Wildman–Crippen MR) is 134 cm³/mol. The van der Waals surface area contributed by atoms with Crippen molar-refractivity contribution in [1.82, 2.24) is 15.2 Å². The Labute approximate surface area is 207 Å². The van der Waals surface area contributed by atoms with Gasteiger partial charge >= 0.3 is 0 Å². The molecule has 1 aliphatic carbocycles. The number of benzene rings is 2. The van der Waals surface area contributed by atoms with Crippen LogP contribution in [0.4, 0.5) is 0 Å². The number of hydrogen-bond acceptors (Lipinski definition) is 5. The van der Waals surface area contributed by atoms with Crippen LogP contribution < -0.4 is 10.1 Å². The average molecular weight is 496 g/mol. The van der Waals surface area contributed by atoms with E-state index in [1.807, 2.05) is 36.9 Å². The number of likely N-dealkylation sites (tertiary alicyclic amines) is 1. The third kappa shape index (κ3) is 4.30. The molecule has 3 atom stereocenters. The number of ether oxygens (including phenoxy) is 1. The highest BCUT2D eigenvalue weighted by Crippen LogP contribution is 2.48. The van der Waals surface area contributed by atoms with E-state index in [9.17, 15) is 9.59 Å². The number of amides is 2. The van der Waals surface area contributed by atoms with Crippen LogP contribution in [0.3, 0.4) is 0 Å². The molecule has 2 fully saturated rings. The number of halogens is 1. The molecule has 2 aromatic carbocycles. The number of aromatic nitrogens is 1. The number of carbonyl (C=O) groups is 2. The van der Waals surface area contributed by atoms with Gasteiger partial charge in [-0.05, 0) is 56.4 Å². The van der Waals surface area contributed by atoms with Crippen LogP contribution in [0.2, 0.25) is 5.02 Å². The molecule has 1 saturated heterocycles. The molecular formula is C26H26ClN3O3S. The molecule has 2 amide bonds. The van der Waals surface area contributed by atoms with Crippen molar-refractivity contribution in [3.63, 3.8) is 0 Å². The minimum Gasteiger partial charge on any atom is -0.496 e. The van der Waals surface area contributed by atoms with Gasteiger partial charge in [0.1, 0.15) is 11.4 Å². The molecule has 1 aliphatic heterocycles. The van der Waals surface area contributed by atoms with Gasteiger partial charge in [0.2, 0.25) is 0 Å². The Morgan fingerprint density at radius 1 is 1.21 bits per heavy atom. The van der Waals surface area contributed by atoms with E-state index in [0.29, 0.717) is 34.5 Å². The first-order valence-corrected chi connectivity index (χ1v) is 12.5. The zero-order valence-corrected chi connectivity index (χ0v) is 20.9. The maximum atomic E-state index is 13.8. The minimum absolute atomic E-state index is 0.0505. The molecule has 6 nitrogen and oxygen atoms in total. The Balaban J connectivity index is 1.36. The summed E-state index contributed by atoms with van der Waals surface area (Å²) in [4.78, 5) is 34.1. The normalized spacial score (nSPS) is 20.7. The monoisotopic (exact) mass is 495 g/mol. The fourth-order valence-corrected chi connectivity index (χ4v) is 5.98. The van der Waals surface area contributed by atoms with Gasteiger partial charge < -0.3 is 15.0 Å². The van der Waals surface area contributed by atoms with Crippen molar-refractivity contribution in [1.29, 1.82) is 0 Å². The van der Waals surface area contributed by atoms with Crippen molar-refractivity contribution in [2.45, 2.75) is 38.8 Å². The number of carbonyl (C=O) groups excluding carboxylic acids is 2. The van der Waals surface area contributed by atoms with Gasteiger partial charge in [0.05, 0.1) is 28.6 Å². The van der Waals surface area contributed by atoms with E-state index < -0.39 is 0 Å². The summed E-state index contributed by atoms with van der Waals surface area (Å²) in [5.41, 5.74) is 3.04. The highest BCUT2D eigenvalue weighted by atomic mass is 35.5. The molecule has 0 spiro atoms. The molecule has 0 bridgehead atoms. The summed E-state index contributed by atoms with van der Waals surface area (Å²) in [6.45, 7) is 4.35. The van der Waals surface area contributed by atoms with Crippen LogP contribution >= 0.6 is 22.9 Å². The SMILES string of the molecule is COc1ccc(Cl)cc1C(=O)NC[C@@H]1C[C@H]2C[C@@H]2N1C(=O)c1nc(C)sc1-c1cccc(C)c1. The van der Waals surface area contributed by atoms with E-state index in [-0.39, 0.29) is 23.9 Å². The summed E-state index contributed by atoms with van der Waals surface area (Å²) in [6.07, 6.45) is 1.90. The molecule has 1 N–H and O–H groups in total. The first-order valence-electron chi connectivity index (χ1n) is 11.3. The quantitative estimate of drug-likeness (QED) is 0.515. The lowest BCUT2D eigenvalue weighted by Gasteiger charge is -2.27. The van der Waals surface area contributed by atoms with Gasteiger partial charge in [0.25, 0.3) is 11.8 Å². The molecule has 3 aromatic rings. The van der Waals surface area contributed by atoms with Gasteiger partial charge in [0, 0.05) is 17.6 Å². The predicted octanol–water partition coefficient (Wildman–Crippen LogP) is 5.12. The number of piperidine rings is 1.